The molecule has 0 heterocycles. The Kier molecular flexibility index (Phi) is 5.75. The number of amidine groups is 1. The van der Waals surface area contributed by atoms with Gasteiger partial charge in [-0.25, -0.2) is 0 Å². The Bertz CT molecular complexity index is 1130. The van der Waals surface area contributed by atoms with Crippen molar-refractivity contribution < 1.29 is 17.4 Å². The van der Waals surface area contributed by atoms with Gasteiger partial charge in [0, 0.05) is 5.56 Å². The van der Waals surface area contributed by atoms with Crippen molar-refractivity contribution in [3.05, 3.63) is 83.4 Å². The van der Waals surface area contributed by atoms with Crippen LogP contribution in [0.3, 0.4) is 0 Å². The SMILES string of the molecule is N=C(N)c1ccc2cc(CS(=O)(=O)OC(=O)CCc3ccccc3)ccc2c1. The van der Waals surface area contributed by atoms with Gasteiger partial charge in [0.15, 0.2) is 0 Å². The van der Waals surface area contributed by atoms with E-state index in [1.54, 1.807) is 36.4 Å². The van der Waals surface area contributed by atoms with Gasteiger partial charge in [-0.05, 0) is 34.4 Å². The van der Waals surface area contributed by atoms with Crippen LogP contribution < -0.4 is 5.73 Å². The van der Waals surface area contributed by atoms with Crippen molar-refractivity contribution in [2.45, 2.75) is 18.6 Å². The molecule has 0 unspecified atom stereocenters. The van der Waals surface area contributed by atoms with Crippen molar-refractivity contribution in [1.29, 1.82) is 5.41 Å². The quantitative estimate of drug-likeness (QED) is 0.362. The number of carbonyl (C=O) groups is 1. The van der Waals surface area contributed by atoms with Crippen molar-refractivity contribution in [2.24, 2.45) is 5.73 Å². The van der Waals surface area contributed by atoms with Gasteiger partial charge >= 0.3 is 16.1 Å². The maximum Gasteiger partial charge on any atom is 0.322 e. The van der Waals surface area contributed by atoms with Gasteiger partial charge in [-0.2, -0.15) is 8.42 Å². The highest BCUT2D eigenvalue weighted by atomic mass is 32.2. The molecule has 3 aromatic carbocycles. The van der Waals surface area contributed by atoms with E-state index >= 15 is 0 Å². The van der Waals surface area contributed by atoms with E-state index in [1.165, 1.54) is 0 Å². The van der Waals surface area contributed by atoms with Crippen LogP contribution in [0.25, 0.3) is 10.8 Å². The number of aryl methyl sites for hydroxylation is 1. The lowest BCUT2D eigenvalue weighted by molar-refractivity contribution is -0.133. The van der Waals surface area contributed by atoms with E-state index in [-0.39, 0.29) is 12.3 Å². The Morgan fingerprint density at radius 3 is 2.32 bits per heavy atom. The fraction of sp³-hybridized carbons (Fsp3) is 0.143. The molecule has 0 aromatic heterocycles. The highest BCUT2D eigenvalue weighted by Crippen LogP contribution is 2.20. The Morgan fingerprint density at radius 2 is 1.61 bits per heavy atom. The largest absolute Gasteiger partial charge is 0.384 e. The first-order chi connectivity index (χ1) is 13.3. The molecule has 3 aromatic rings. The monoisotopic (exact) mass is 396 g/mol. The van der Waals surface area contributed by atoms with Crippen LogP contribution in [0, 0.1) is 5.41 Å². The molecular weight excluding hydrogens is 376 g/mol. The standard InChI is InChI=1S/C21H20N2O4S/c22-21(23)19-10-9-17-12-16(6-8-18(17)13-19)14-28(25,26)27-20(24)11-7-15-4-2-1-3-5-15/h1-6,8-10,12-13H,7,11,14H2,(H3,22,23). The second-order valence-corrected chi connectivity index (χ2v) is 8.02. The van der Waals surface area contributed by atoms with Gasteiger partial charge in [-0.15, -0.1) is 0 Å². The maximum atomic E-state index is 12.2. The van der Waals surface area contributed by atoms with Crippen LogP contribution in [-0.2, 0) is 31.3 Å². The first-order valence-corrected chi connectivity index (χ1v) is 10.3. The van der Waals surface area contributed by atoms with Crippen molar-refractivity contribution >= 4 is 32.7 Å². The molecule has 0 saturated heterocycles. The highest BCUT2D eigenvalue weighted by Gasteiger charge is 2.18. The molecule has 0 atom stereocenters. The summed E-state index contributed by atoms with van der Waals surface area (Å²) >= 11 is 0. The summed E-state index contributed by atoms with van der Waals surface area (Å²) in [4.78, 5) is 11.9. The first-order valence-electron chi connectivity index (χ1n) is 8.68. The molecular formula is C21H20N2O4S. The van der Waals surface area contributed by atoms with Gasteiger partial charge in [0.25, 0.3) is 0 Å². The number of hydrogen-bond donors (Lipinski definition) is 2. The molecule has 0 radical (unpaired) electrons. The number of benzene rings is 3. The molecule has 0 aliphatic heterocycles. The van der Waals surface area contributed by atoms with Crippen molar-refractivity contribution in [2.75, 3.05) is 0 Å². The lowest BCUT2D eigenvalue weighted by Crippen LogP contribution is -2.15. The second-order valence-electron chi connectivity index (χ2n) is 6.45. The van der Waals surface area contributed by atoms with Gasteiger partial charge in [0.05, 0.1) is 6.42 Å². The van der Waals surface area contributed by atoms with Crippen LogP contribution in [0.2, 0.25) is 0 Å². The maximum absolute atomic E-state index is 12.2. The van der Waals surface area contributed by atoms with Crippen LogP contribution >= 0.6 is 0 Å². The third-order valence-electron chi connectivity index (χ3n) is 4.24. The zero-order chi connectivity index (χ0) is 20.1. The summed E-state index contributed by atoms with van der Waals surface area (Å²) in [5.74, 6) is -1.19. The Balaban J connectivity index is 1.65. The predicted octanol–water partition coefficient (Wildman–Crippen LogP) is 3.13. The molecule has 0 spiro atoms. The highest BCUT2D eigenvalue weighted by molar-refractivity contribution is 7.86. The molecule has 0 bridgehead atoms. The van der Waals surface area contributed by atoms with E-state index in [0.717, 1.165) is 16.3 Å². The number of nitrogens with two attached hydrogens (primary N) is 1. The molecule has 3 rings (SSSR count). The normalized spacial score (nSPS) is 11.3. The van der Waals surface area contributed by atoms with Crippen LogP contribution in [0.5, 0.6) is 0 Å². The minimum absolute atomic E-state index is 0.00517. The lowest BCUT2D eigenvalue weighted by atomic mass is 10.0. The van der Waals surface area contributed by atoms with E-state index in [0.29, 0.717) is 17.5 Å². The summed E-state index contributed by atoms with van der Waals surface area (Å²) in [5, 5.41) is 9.13. The Labute approximate surface area is 163 Å². The molecule has 7 heteroatoms. The van der Waals surface area contributed by atoms with Gasteiger partial charge in [0.1, 0.15) is 11.6 Å². The molecule has 0 aliphatic carbocycles. The van der Waals surface area contributed by atoms with Crippen molar-refractivity contribution in [3.63, 3.8) is 0 Å². The molecule has 0 fully saturated rings. The van der Waals surface area contributed by atoms with E-state index in [2.05, 4.69) is 0 Å². The Morgan fingerprint density at radius 1 is 0.929 bits per heavy atom. The summed E-state index contributed by atoms with van der Waals surface area (Å²) in [5.41, 5.74) is 7.53. The van der Waals surface area contributed by atoms with E-state index in [9.17, 15) is 13.2 Å². The second kappa shape index (κ2) is 8.22. The molecule has 0 aliphatic rings. The van der Waals surface area contributed by atoms with Crippen LogP contribution in [0.4, 0.5) is 0 Å². The van der Waals surface area contributed by atoms with Gasteiger partial charge < -0.3 is 9.92 Å². The van der Waals surface area contributed by atoms with E-state index in [1.807, 2.05) is 30.3 Å². The molecule has 3 N–H and O–H groups in total. The van der Waals surface area contributed by atoms with E-state index in [4.69, 9.17) is 15.3 Å². The zero-order valence-electron chi connectivity index (χ0n) is 15.1. The first kappa shape index (κ1) is 19.6. The number of rotatable bonds is 7. The average Bonchev–Trinajstić information content (AvgIpc) is 2.66. The summed E-state index contributed by atoms with van der Waals surface area (Å²) in [7, 11) is -4.03. The van der Waals surface area contributed by atoms with Crippen LogP contribution in [-0.4, -0.2) is 20.2 Å². The number of hydrogen-bond acceptors (Lipinski definition) is 5. The minimum Gasteiger partial charge on any atom is -0.384 e. The third kappa shape index (κ3) is 5.17. The predicted molar refractivity (Wildman–Crippen MR) is 108 cm³/mol. The minimum atomic E-state index is -4.03. The number of nitrogens with one attached hydrogen (secondary N) is 1. The number of carbonyl (C=O) groups excluding carboxylic acids is 1. The molecule has 0 saturated carbocycles. The van der Waals surface area contributed by atoms with Crippen molar-refractivity contribution in [1.82, 2.24) is 0 Å². The smallest absolute Gasteiger partial charge is 0.322 e. The molecule has 0 amide bonds. The fourth-order valence-corrected chi connectivity index (χ4v) is 3.87. The summed E-state index contributed by atoms with van der Waals surface area (Å²) in [6.07, 6.45) is 0.415. The van der Waals surface area contributed by atoms with Gasteiger partial charge in [-0.3, -0.25) is 10.2 Å². The van der Waals surface area contributed by atoms with Crippen LogP contribution in [0.1, 0.15) is 23.1 Å². The van der Waals surface area contributed by atoms with E-state index < -0.39 is 21.8 Å². The molecule has 28 heavy (non-hydrogen) atoms. The van der Waals surface area contributed by atoms with Crippen LogP contribution in [0.15, 0.2) is 66.7 Å². The summed E-state index contributed by atoms with van der Waals surface area (Å²) in [6.45, 7) is 0. The molecule has 6 nitrogen and oxygen atoms in total. The van der Waals surface area contributed by atoms with Gasteiger partial charge in [0.2, 0.25) is 0 Å². The Hall–Kier alpha value is -3.19. The summed E-state index contributed by atoms with van der Waals surface area (Å²) in [6, 6.07) is 19.7. The molecule has 144 valence electrons. The van der Waals surface area contributed by atoms with Gasteiger partial charge in [-0.1, -0.05) is 60.7 Å². The summed E-state index contributed by atoms with van der Waals surface area (Å²) < 4.78 is 29.1. The third-order valence-corrected chi connectivity index (χ3v) is 5.37. The average molecular weight is 396 g/mol. The number of nitrogen functional groups attached to an aromatic ring is 1. The fourth-order valence-electron chi connectivity index (χ4n) is 2.86. The number of fused-ring (bicyclic) bond motifs is 1. The zero-order valence-corrected chi connectivity index (χ0v) is 15.9. The lowest BCUT2D eigenvalue weighted by Gasteiger charge is -2.08. The van der Waals surface area contributed by atoms with Crippen molar-refractivity contribution in [3.8, 4) is 0 Å². The topological polar surface area (TPSA) is 110 Å².